The molecule has 3 heteroatoms. The van der Waals surface area contributed by atoms with Gasteiger partial charge in [0.2, 0.25) is 0 Å². The van der Waals surface area contributed by atoms with Crippen LogP contribution in [0.3, 0.4) is 0 Å². The number of likely N-dealkylation sites (tertiary alicyclic amines) is 3. The topological polar surface area (TPSA) is 9.72 Å². The molecule has 24 heavy (non-hydrogen) atoms. The molecule has 0 N–H and O–H groups in total. The summed E-state index contributed by atoms with van der Waals surface area (Å²) in [5, 5.41) is 0. The van der Waals surface area contributed by atoms with Gasteiger partial charge in [0.05, 0.1) is 0 Å². The minimum absolute atomic E-state index is 0.346. The first-order chi connectivity index (χ1) is 11.1. The van der Waals surface area contributed by atoms with Gasteiger partial charge >= 0.3 is 0 Å². The van der Waals surface area contributed by atoms with Gasteiger partial charge in [-0.1, -0.05) is 20.8 Å². The maximum absolute atomic E-state index is 2.82. The van der Waals surface area contributed by atoms with Crippen LogP contribution in [0.2, 0.25) is 0 Å². The van der Waals surface area contributed by atoms with E-state index >= 15 is 0 Å². The molecule has 3 heterocycles. The lowest BCUT2D eigenvalue weighted by atomic mass is 9.75. The molecule has 0 aromatic rings. The van der Waals surface area contributed by atoms with Crippen LogP contribution in [0, 0.1) is 11.3 Å². The zero-order chi connectivity index (χ0) is 17.5. The third kappa shape index (κ3) is 4.16. The maximum atomic E-state index is 2.82. The van der Waals surface area contributed by atoms with Crippen molar-refractivity contribution < 1.29 is 0 Å². The average Bonchev–Trinajstić information content (AvgIpc) is 2.44. The second-order valence-corrected chi connectivity index (χ2v) is 10.7. The Labute approximate surface area is 150 Å². The van der Waals surface area contributed by atoms with Crippen molar-refractivity contribution >= 4 is 0 Å². The minimum Gasteiger partial charge on any atom is -0.300 e. The number of piperidine rings is 2. The highest BCUT2D eigenvalue weighted by Gasteiger charge is 2.40. The van der Waals surface area contributed by atoms with E-state index in [9.17, 15) is 0 Å². The summed E-state index contributed by atoms with van der Waals surface area (Å²) in [5.41, 5.74) is 0.845. The highest BCUT2D eigenvalue weighted by Crippen LogP contribution is 2.36. The van der Waals surface area contributed by atoms with Crippen LogP contribution in [0.15, 0.2) is 0 Å². The largest absolute Gasteiger partial charge is 0.300 e. The van der Waals surface area contributed by atoms with Gasteiger partial charge < -0.3 is 4.90 Å². The van der Waals surface area contributed by atoms with Gasteiger partial charge in [-0.2, -0.15) is 0 Å². The minimum atomic E-state index is 0.346. The molecule has 3 aliphatic rings. The van der Waals surface area contributed by atoms with Crippen molar-refractivity contribution in [3.05, 3.63) is 0 Å². The van der Waals surface area contributed by atoms with Crippen molar-refractivity contribution in [3.8, 4) is 0 Å². The van der Waals surface area contributed by atoms with E-state index in [2.05, 4.69) is 56.2 Å². The summed E-state index contributed by atoms with van der Waals surface area (Å²) in [6, 6.07) is 1.72. The van der Waals surface area contributed by atoms with Crippen LogP contribution in [0.5, 0.6) is 0 Å². The smallest absolute Gasteiger partial charge is 0.0125 e. The zero-order valence-corrected chi connectivity index (χ0v) is 17.1. The van der Waals surface area contributed by atoms with Gasteiger partial charge in [-0.3, -0.25) is 9.80 Å². The molecule has 140 valence electrons. The van der Waals surface area contributed by atoms with Crippen LogP contribution >= 0.6 is 0 Å². The fourth-order valence-corrected chi connectivity index (χ4v) is 4.88. The predicted octanol–water partition coefficient (Wildman–Crippen LogP) is 3.69. The second kappa shape index (κ2) is 6.89. The van der Waals surface area contributed by atoms with E-state index in [0.717, 1.165) is 18.0 Å². The molecule has 0 aliphatic carbocycles. The van der Waals surface area contributed by atoms with Crippen molar-refractivity contribution in [1.29, 1.82) is 0 Å². The predicted molar refractivity (Wildman–Crippen MR) is 103 cm³/mol. The fourth-order valence-electron chi connectivity index (χ4n) is 4.88. The number of hydrogen-bond donors (Lipinski definition) is 0. The molecule has 0 aromatic carbocycles. The van der Waals surface area contributed by atoms with Crippen molar-refractivity contribution in [2.75, 3.05) is 39.3 Å². The second-order valence-electron chi connectivity index (χ2n) is 10.7. The molecule has 3 fully saturated rings. The van der Waals surface area contributed by atoms with E-state index in [1.165, 1.54) is 65.0 Å². The molecule has 0 amide bonds. The molecule has 0 unspecified atom stereocenters. The van der Waals surface area contributed by atoms with Gasteiger partial charge in [0.25, 0.3) is 0 Å². The Morgan fingerprint density at radius 2 is 1.08 bits per heavy atom. The van der Waals surface area contributed by atoms with Gasteiger partial charge in [0.15, 0.2) is 0 Å². The Balaban J connectivity index is 1.39. The Morgan fingerprint density at radius 3 is 1.54 bits per heavy atom. The van der Waals surface area contributed by atoms with Crippen LogP contribution in [0.1, 0.15) is 67.2 Å². The van der Waals surface area contributed by atoms with Crippen LogP contribution < -0.4 is 0 Å². The Morgan fingerprint density at radius 1 is 0.625 bits per heavy atom. The van der Waals surface area contributed by atoms with Crippen molar-refractivity contribution in [2.24, 2.45) is 11.3 Å². The highest BCUT2D eigenvalue weighted by atomic mass is 15.3. The van der Waals surface area contributed by atoms with Gasteiger partial charge in [0.1, 0.15) is 0 Å². The maximum Gasteiger partial charge on any atom is 0.0125 e. The number of nitrogens with zero attached hydrogens (tertiary/aromatic N) is 3. The normalized spacial score (nSPS) is 28.2. The molecule has 3 saturated heterocycles. The first-order valence-electron chi connectivity index (χ1n) is 10.4. The van der Waals surface area contributed by atoms with E-state index < -0.39 is 0 Å². The highest BCUT2D eigenvalue weighted by molar-refractivity contribution is 4.94. The van der Waals surface area contributed by atoms with Gasteiger partial charge in [0, 0.05) is 43.8 Å². The van der Waals surface area contributed by atoms with E-state index in [1.807, 2.05) is 0 Å². The Hall–Kier alpha value is -0.120. The molecule has 0 spiro atoms. The summed E-state index contributed by atoms with van der Waals surface area (Å²) in [6.07, 6.45) is 5.54. The van der Waals surface area contributed by atoms with E-state index in [4.69, 9.17) is 0 Å². The standard InChI is InChI=1S/C21H41N3/c1-20(2,3)17-15-23(16-17)19-7-11-22(12-8-19)18-9-13-24(14-10-18)21(4,5)6/h17-19H,7-16H2,1-6H3. The van der Waals surface area contributed by atoms with E-state index in [0.29, 0.717) is 11.0 Å². The molecule has 3 aliphatic heterocycles. The molecular formula is C21H41N3. The van der Waals surface area contributed by atoms with Crippen molar-refractivity contribution in [3.63, 3.8) is 0 Å². The van der Waals surface area contributed by atoms with Crippen LogP contribution in [0.25, 0.3) is 0 Å². The molecule has 0 atom stereocenters. The summed E-state index contributed by atoms with van der Waals surface area (Å²) >= 11 is 0. The van der Waals surface area contributed by atoms with Crippen LogP contribution in [0.4, 0.5) is 0 Å². The quantitative estimate of drug-likeness (QED) is 0.762. The molecule has 0 bridgehead atoms. The Bertz CT molecular complexity index is 398. The third-order valence-electron chi connectivity index (χ3n) is 7.08. The van der Waals surface area contributed by atoms with E-state index in [-0.39, 0.29) is 0 Å². The lowest BCUT2D eigenvalue weighted by Crippen LogP contribution is -2.59. The summed E-state index contributed by atoms with van der Waals surface area (Å²) in [7, 11) is 0. The monoisotopic (exact) mass is 335 g/mol. The first-order valence-corrected chi connectivity index (χ1v) is 10.4. The summed E-state index contributed by atoms with van der Waals surface area (Å²) in [6.45, 7) is 22.2. The van der Waals surface area contributed by atoms with Crippen LogP contribution in [-0.4, -0.2) is 71.6 Å². The third-order valence-corrected chi connectivity index (χ3v) is 7.08. The SMILES string of the molecule is CC(C)(C)C1CN(C2CCN(C3CCN(C(C)(C)C)CC3)CC2)C1. The molecule has 0 radical (unpaired) electrons. The molecule has 3 rings (SSSR count). The van der Waals surface area contributed by atoms with Gasteiger partial charge in [-0.15, -0.1) is 0 Å². The summed E-state index contributed by atoms with van der Waals surface area (Å²) < 4.78 is 0. The summed E-state index contributed by atoms with van der Waals surface area (Å²) in [5.74, 6) is 0.914. The molecule has 3 nitrogen and oxygen atoms in total. The first kappa shape index (κ1) is 18.7. The molecule has 0 aromatic heterocycles. The molecule has 0 saturated carbocycles. The van der Waals surface area contributed by atoms with Crippen molar-refractivity contribution in [2.45, 2.75) is 84.8 Å². The zero-order valence-electron chi connectivity index (χ0n) is 17.1. The molecular weight excluding hydrogens is 294 g/mol. The summed E-state index contributed by atoms with van der Waals surface area (Å²) in [4.78, 5) is 8.26. The number of hydrogen-bond acceptors (Lipinski definition) is 3. The fraction of sp³-hybridized carbons (Fsp3) is 1.00. The Kier molecular flexibility index (Phi) is 5.36. The van der Waals surface area contributed by atoms with Gasteiger partial charge in [-0.05, 0) is 70.9 Å². The van der Waals surface area contributed by atoms with Crippen molar-refractivity contribution in [1.82, 2.24) is 14.7 Å². The lowest BCUT2D eigenvalue weighted by molar-refractivity contribution is -0.0345. The van der Waals surface area contributed by atoms with E-state index in [1.54, 1.807) is 0 Å². The number of rotatable bonds is 2. The van der Waals surface area contributed by atoms with Gasteiger partial charge in [-0.25, -0.2) is 0 Å². The average molecular weight is 336 g/mol. The van der Waals surface area contributed by atoms with Crippen LogP contribution in [-0.2, 0) is 0 Å². The lowest BCUT2D eigenvalue weighted by Gasteiger charge is -2.52.